The van der Waals surface area contributed by atoms with Crippen LogP contribution in [0, 0.1) is 11.6 Å². The Morgan fingerprint density at radius 1 is 1.22 bits per heavy atom. The Morgan fingerprint density at radius 2 is 1.85 bits per heavy atom. The number of benzene rings is 1. The molecule has 1 heterocycles. The van der Waals surface area contributed by atoms with Crippen LogP contribution in [-0.4, -0.2) is 15.6 Å². The number of hydrogen-bond acceptors (Lipinski definition) is 3. The van der Waals surface area contributed by atoms with E-state index in [0.717, 1.165) is 4.57 Å². The van der Waals surface area contributed by atoms with Gasteiger partial charge in [0.25, 0.3) is 5.56 Å². The number of nitrogens with one attached hydrogen (secondary N) is 1. The third-order valence-electron chi connectivity index (χ3n) is 3.94. The van der Waals surface area contributed by atoms with Crippen molar-refractivity contribution in [1.29, 1.82) is 0 Å². The van der Waals surface area contributed by atoms with Crippen LogP contribution in [0.15, 0.2) is 23.0 Å². The first kappa shape index (κ1) is 20.4. The molecule has 0 atom stereocenters. The van der Waals surface area contributed by atoms with Crippen molar-refractivity contribution < 1.29 is 31.9 Å². The summed E-state index contributed by atoms with van der Waals surface area (Å²) < 4.78 is 67.4. The number of carboxylic acids is 1. The van der Waals surface area contributed by atoms with Crippen LogP contribution in [-0.2, 0) is 19.1 Å². The van der Waals surface area contributed by atoms with Crippen LogP contribution in [0.5, 0.6) is 0 Å². The predicted molar refractivity (Wildman–Crippen MR) is 87.4 cm³/mol. The van der Waals surface area contributed by atoms with E-state index in [9.17, 15) is 36.6 Å². The second-order valence-corrected chi connectivity index (χ2v) is 5.54. The first-order valence-corrected chi connectivity index (χ1v) is 7.85. The molecule has 0 aliphatic rings. The number of rotatable bonds is 5. The number of pyridine rings is 1. The molecule has 5 nitrogen and oxygen atoms in total. The molecule has 0 aliphatic heterocycles. The van der Waals surface area contributed by atoms with E-state index in [0.29, 0.717) is 12.1 Å². The van der Waals surface area contributed by atoms with Gasteiger partial charge in [-0.2, -0.15) is 17.6 Å². The van der Waals surface area contributed by atoms with Crippen molar-refractivity contribution >= 4 is 17.3 Å². The second-order valence-electron chi connectivity index (χ2n) is 5.54. The summed E-state index contributed by atoms with van der Waals surface area (Å²) in [4.78, 5) is 23.8. The first-order chi connectivity index (χ1) is 12.5. The van der Waals surface area contributed by atoms with Crippen LogP contribution in [0.1, 0.15) is 35.5 Å². The zero-order valence-corrected chi connectivity index (χ0v) is 14.2. The zero-order valence-electron chi connectivity index (χ0n) is 14.2. The van der Waals surface area contributed by atoms with Gasteiger partial charge in [-0.15, -0.1) is 0 Å². The van der Waals surface area contributed by atoms with E-state index < -0.39 is 51.8 Å². The number of aromatic carboxylic acids is 1. The molecule has 0 spiro atoms. The lowest BCUT2D eigenvalue weighted by Crippen LogP contribution is -2.30. The van der Waals surface area contributed by atoms with Gasteiger partial charge in [-0.3, -0.25) is 4.79 Å². The summed E-state index contributed by atoms with van der Waals surface area (Å²) in [5, 5.41) is 11.6. The molecule has 2 aromatic rings. The standard InChI is InChI=1S/C17H15F5N2O3/c1-3-11-12(16(26)27)14(13(19)15(25)24(11)4-2)23-10-6-5-8(7-9(10)18)17(20,21)22/h5-7,23H,3-4H2,1-2H3,(H,26,27). The molecule has 146 valence electrons. The number of halogens is 5. The quantitative estimate of drug-likeness (QED) is 0.752. The Hall–Kier alpha value is -2.91. The molecule has 0 amide bonds. The monoisotopic (exact) mass is 390 g/mol. The van der Waals surface area contributed by atoms with E-state index in [1.54, 1.807) is 6.92 Å². The average Bonchev–Trinajstić information content (AvgIpc) is 2.58. The molecular weight excluding hydrogens is 375 g/mol. The highest BCUT2D eigenvalue weighted by atomic mass is 19.4. The molecule has 0 saturated heterocycles. The van der Waals surface area contributed by atoms with Gasteiger partial charge in [0.1, 0.15) is 11.4 Å². The maximum absolute atomic E-state index is 14.5. The van der Waals surface area contributed by atoms with E-state index in [1.165, 1.54) is 6.92 Å². The molecule has 0 unspecified atom stereocenters. The minimum absolute atomic E-state index is 0.00576. The van der Waals surface area contributed by atoms with Crippen LogP contribution in [0.25, 0.3) is 0 Å². The molecule has 2 N–H and O–H groups in total. The van der Waals surface area contributed by atoms with E-state index in [2.05, 4.69) is 5.32 Å². The van der Waals surface area contributed by atoms with Gasteiger partial charge in [0, 0.05) is 12.2 Å². The minimum Gasteiger partial charge on any atom is -0.478 e. The zero-order chi connectivity index (χ0) is 20.5. The number of alkyl halides is 3. The summed E-state index contributed by atoms with van der Waals surface area (Å²) in [6.45, 7) is 3.08. The van der Waals surface area contributed by atoms with Crippen molar-refractivity contribution in [3.8, 4) is 0 Å². The predicted octanol–water partition coefficient (Wildman–Crippen LogP) is 4.17. The topological polar surface area (TPSA) is 71.3 Å². The first-order valence-electron chi connectivity index (χ1n) is 7.85. The Bertz CT molecular complexity index is 951. The smallest absolute Gasteiger partial charge is 0.416 e. The van der Waals surface area contributed by atoms with Gasteiger partial charge in [0.15, 0.2) is 0 Å². The van der Waals surface area contributed by atoms with Gasteiger partial charge in [-0.05, 0) is 31.5 Å². The summed E-state index contributed by atoms with van der Waals surface area (Å²) >= 11 is 0. The maximum Gasteiger partial charge on any atom is 0.416 e. The fourth-order valence-electron chi connectivity index (χ4n) is 2.71. The number of carboxylic acid groups (broad SMARTS) is 1. The van der Waals surface area contributed by atoms with Crippen molar-refractivity contribution in [2.45, 2.75) is 33.0 Å². The highest BCUT2D eigenvalue weighted by molar-refractivity contribution is 5.96. The van der Waals surface area contributed by atoms with Gasteiger partial charge in [-0.25, -0.2) is 9.18 Å². The summed E-state index contributed by atoms with van der Waals surface area (Å²) in [6.07, 6.45) is -4.72. The van der Waals surface area contributed by atoms with Crippen LogP contribution < -0.4 is 10.9 Å². The minimum atomic E-state index is -4.78. The largest absolute Gasteiger partial charge is 0.478 e. The highest BCUT2D eigenvalue weighted by Crippen LogP contribution is 2.33. The van der Waals surface area contributed by atoms with Crippen LogP contribution in [0.2, 0.25) is 0 Å². The molecule has 1 aromatic carbocycles. The van der Waals surface area contributed by atoms with Crippen molar-refractivity contribution in [3.63, 3.8) is 0 Å². The Labute approximate surface area is 150 Å². The van der Waals surface area contributed by atoms with Crippen molar-refractivity contribution in [2.24, 2.45) is 0 Å². The molecule has 2 rings (SSSR count). The van der Waals surface area contributed by atoms with Gasteiger partial charge in [0.2, 0.25) is 5.82 Å². The molecular formula is C17H15F5N2O3. The Kier molecular flexibility index (Phi) is 5.57. The molecule has 27 heavy (non-hydrogen) atoms. The summed E-state index contributed by atoms with van der Waals surface area (Å²) in [5.74, 6) is -4.41. The van der Waals surface area contributed by atoms with Gasteiger partial charge >= 0.3 is 12.1 Å². The molecule has 0 saturated carbocycles. The van der Waals surface area contributed by atoms with Crippen LogP contribution in [0.3, 0.4) is 0 Å². The van der Waals surface area contributed by atoms with E-state index in [1.807, 2.05) is 0 Å². The molecule has 1 aromatic heterocycles. The second kappa shape index (κ2) is 7.37. The number of aromatic nitrogens is 1. The third-order valence-corrected chi connectivity index (χ3v) is 3.94. The number of anilines is 2. The summed E-state index contributed by atoms with van der Waals surface area (Å²) in [7, 11) is 0. The fourth-order valence-corrected chi connectivity index (χ4v) is 2.71. The lowest BCUT2D eigenvalue weighted by molar-refractivity contribution is -0.137. The normalized spacial score (nSPS) is 11.5. The number of nitrogens with zero attached hydrogens (tertiary/aromatic N) is 1. The van der Waals surface area contributed by atoms with Gasteiger partial charge in [-0.1, -0.05) is 6.92 Å². The van der Waals surface area contributed by atoms with Gasteiger partial charge < -0.3 is 15.0 Å². The van der Waals surface area contributed by atoms with Crippen molar-refractivity contribution in [3.05, 3.63) is 57.0 Å². The average molecular weight is 390 g/mol. The van der Waals surface area contributed by atoms with E-state index in [4.69, 9.17) is 0 Å². The molecule has 0 aliphatic carbocycles. The van der Waals surface area contributed by atoms with Crippen LogP contribution in [0.4, 0.5) is 33.3 Å². The van der Waals surface area contributed by atoms with E-state index in [-0.39, 0.29) is 24.7 Å². The third kappa shape index (κ3) is 3.79. The fraction of sp³-hybridized carbons (Fsp3) is 0.294. The molecule has 0 radical (unpaired) electrons. The molecule has 10 heteroatoms. The lowest BCUT2D eigenvalue weighted by Gasteiger charge is -2.18. The van der Waals surface area contributed by atoms with E-state index >= 15 is 0 Å². The number of carbonyl (C=O) groups is 1. The van der Waals surface area contributed by atoms with Crippen molar-refractivity contribution in [1.82, 2.24) is 4.57 Å². The van der Waals surface area contributed by atoms with Crippen LogP contribution >= 0.6 is 0 Å². The summed E-state index contributed by atoms with van der Waals surface area (Å²) in [6, 6.07) is 1.44. The Morgan fingerprint density at radius 3 is 2.30 bits per heavy atom. The lowest BCUT2D eigenvalue weighted by atomic mass is 10.1. The van der Waals surface area contributed by atoms with Crippen molar-refractivity contribution in [2.75, 3.05) is 5.32 Å². The highest BCUT2D eigenvalue weighted by Gasteiger charge is 2.32. The maximum atomic E-state index is 14.5. The Balaban J connectivity index is 2.68. The van der Waals surface area contributed by atoms with Gasteiger partial charge in [0.05, 0.1) is 16.9 Å². The SMILES string of the molecule is CCc1c(C(=O)O)c(Nc2ccc(C(F)(F)F)cc2F)c(F)c(=O)n1CC. The molecule has 0 bridgehead atoms. The summed E-state index contributed by atoms with van der Waals surface area (Å²) in [5.41, 5.74) is -4.36. The number of hydrogen-bond donors (Lipinski definition) is 2. The molecule has 0 fully saturated rings.